The summed E-state index contributed by atoms with van der Waals surface area (Å²) >= 11 is 0. The Labute approximate surface area is 134 Å². The summed E-state index contributed by atoms with van der Waals surface area (Å²) in [6, 6.07) is 16.5. The lowest BCUT2D eigenvalue weighted by Gasteiger charge is -2.04. The number of hydrogen-bond acceptors (Lipinski definition) is 3. The first-order chi connectivity index (χ1) is 11.3. The molecule has 0 aliphatic rings. The Morgan fingerprint density at radius 3 is 2.70 bits per heavy atom. The summed E-state index contributed by atoms with van der Waals surface area (Å²) in [5, 5.41) is 13.2. The first-order valence-electron chi connectivity index (χ1n) is 7.53. The van der Waals surface area contributed by atoms with Gasteiger partial charge in [0.2, 0.25) is 0 Å². The molecule has 0 aliphatic heterocycles. The number of rotatable bonds is 4. The fourth-order valence-corrected chi connectivity index (χ4v) is 2.67. The van der Waals surface area contributed by atoms with Crippen molar-refractivity contribution in [3.8, 4) is 0 Å². The number of nitrogens with one attached hydrogen (secondary N) is 1. The minimum absolute atomic E-state index is 0.767. The Balaban J connectivity index is 1.53. The van der Waals surface area contributed by atoms with Crippen LogP contribution in [0.2, 0.25) is 0 Å². The van der Waals surface area contributed by atoms with Gasteiger partial charge in [-0.25, -0.2) is 0 Å². The van der Waals surface area contributed by atoms with Crippen molar-refractivity contribution in [1.82, 2.24) is 19.6 Å². The Morgan fingerprint density at radius 2 is 1.83 bits per heavy atom. The van der Waals surface area contributed by atoms with E-state index in [9.17, 15) is 0 Å². The quantitative estimate of drug-likeness (QED) is 0.627. The fourth-order valence-electron chi connectivity index (χ4n) is 2.67. The highest BCUT2D eigenvalue weighted by atomic mass is 15.3. The molecular formula is C18H17N5. The molecule has 0 unspecified atom stereocenters. The Morgan fingerprint density at radius 1 is 0.957 bits per heavy atom. The van der Waals surface area contributed by atoms with Crippen LogP contribution in [0.4, 0.5) is 11.4 Å². The summed E-state index contributed by atoms with van der Waals surface area (Å²) in [7, 11) is 1.95. The van der Waals surface area contributed by atoms with E-state index in [1.165, 1.54) is 5.56 Å². The third-order valence-corrected chi connectivity index (χ3v) is 3.86. The van der Waals surface area contributed by atoms with Crippen LogP contribution in [0.1, 0.15) is 5.56 Å². The molecule has 0 fully saturated rings. The highest BCUT2D eigenvalue weighted by molar-refractivity contribution is 5.83. The first-order valence-corrected chi connectivity index (χ1v) is 7.53. The Kier molecular flexibility index (Phi) is 3.31. The Hall–Kier alpha value is -3.08. The Bertz CT molecular complexity index is 936. The van der Waals surface area contributed by atoms with Gasteiger partial charge in [0.15, 0.2) is 0 Å². The highest BCUT2D eigenvalue weighted by Gasteiger charge is 2.03. The molecule has 5 nitrogen and oxygen atoms in total. The third-order valence-electron chi connectivity index (χ3n) is 3.86. The van der Waals surface area contributed by atoms with Crippen molar-refractivity contribution in [2.45, 2.75) is 6.54 Å². The predicted octanol–water partition coefficient (Wildman–Crippen LogP) is 3.56. The molecule has 2 aromatic heterocycles. The van der Waals surface area contributed by atoms with Gasteiger partial charge in [0, 0.05) is 24.3 Å². The number of nitrogens with zero attached hydrogens (tertiary/aromatic N) is 4. The molecule has 0 saturated carbocycles. The summed E-state index contributed by atoms with van der Waals surface area (Å²) in [5.41, 5.74) is 4.34. The second-order valence-corrected chi connectivity index (χ2v) is 5.58. The van der Waals surface area contributed by atoms with Crippen molar-refractivity contribution in [1.29, 1.82) is 0 Å². The molecule has 0 amide bonds. The number of anilines is 2. The van der Waals surface area contributed by atoms with Crippen LogP contribution in [0.5, 0.6) is 0 Å². The lowest BCUT2D eigenvalue weighted by atomic mass is 10.2. The average Bonchev–Trinajstić information content (AvgIpc) is 3.16. The van der Waals surface area contributed by atoms with Crippen LogP contribution in [0.25, 0.3) is 10.9 Å². The normalized spacial score (nSPS) is 11.0. The average molecular weight is 303 g/mol. The van der Waals surface area contributed by atoms with Crippen LogP contribution in [-0.4, -0.2) is 19.6 Å². The molecule has 5 heteroatoms. The van der Waals surface area contributed by atoms with Crippen molar-refractivity contribution >= 4 is 22.3 Å². The van der Waals surface area contributed by atoms with Crippen LogP contribution in [0.15, 0.2) is 67.1 Å². The number of benzene rings is 2. The van der Waals surface area contributed by atoms with Crippen molar-refractivity contribution in [2.75, 3.05) is 5.32 Å². The van der Waals surface area contributed by atoms with E-state index in [1.807, 2.05) is 53.2 Å². The lowest BCUT2D eigenvalue weighted by Crippen LogP contribution is -1.99. The first kappa shape index (κ1) is 13.6. The largest absolute Gasteiger partial charge is 0.353 e. The van der Waals surface area contributed by atoms with E-state index in [4.69, 9.17) is 0 Å². The van der Waals surface area contributed by atoms with Gasteiger partial charge in [-0.1, -0.05) is 30.3 Å². The van der Waals surface area contributed by atoms with E-state index in [-0.39, 0.29) is 0 Å². The molecule has 1 N–H and O–H groups in total. The van der Waals surface area contributed by atoms with E-state index < -0.39 is 0 Å². The van der Waals surface area contributed by atoms with Gasteiger partial charge in [-0.15, -0.1) is 0 Å². The zero-order valence-electron chi connectivity index (χ0n) is 12.8. The SMILES string of the molecule is Cn1ncc2ccc(Nc3cnn(Cc4ccccc4)c3)cc21. The lowest BCUT2D eigenvalue weighted by molar-refractivity contribution is 0.687. The summed E-state index contributed by atoms with van der Waals surface area (Å²) in [6.45, 7) is 0.767. The number of hydrogen-bond donors (Lipinski definition) is 1. The molecule has 4 aromatic rings. The molecule has 4 rings (SSSR count). The fraction of sp³-hybridized carbons (Fsp3) is 0.111. The molecular weight excluding hydrogens is 286 g/mol. The summed E-state index contributed by atoms with van der Waals surface area (Å²) in [5.74, 6) is 0. The molecule has 0 atom stereocenters. The molecule has 0 saturated heterocycles. The van der Waals surface area contributed by atoms with Crippen LogP contribution in [0.3, 0.4) is 0 Å². The molecule has 0 spiro atoms. The highest BCUT2D eigenvalue weighted by Crippen LogP contribution is 2.21. The molecule has 114 valence electrons. The molecule has 2 heterocycles. The van der Waals surface area contributed by atoms with E-state index >= 15 is 0 Å². The smallest absolute Gasteiger partial charge is 0.0770 e. The number of aromatic nitrogens is 4. The van der Waals surface area contributed by atoms with Gasteiger partial charge in [0.05, 0.1) is 30.1 Å². The molecule has 0 bridgehead atoms. The van der Waals surface area contributed by atoms with Crippen LogP contribution in [-0.2, 0) is 13.6 Å². The van der Waals surface area contributed by atoms with E-state index in [2.05, 4.69) is 45.8 Å². The van der Waals surface area contributed by atoms with Crippen LogP contribution in [0, 0.1) is 0 Å². The molecule has 2 aromatic carbocycles. The van der Waals surface area contributed by atoms with Crippen LogP contribution >= 0.6 is 0 Å². The minimum Gasteiger partial charge on any atom is -0.353 e. The van der Waals surface area contributed by atoms with Gasteiger partial charge >= 0.3 is 0 Å². The topological polar surface area (TPSA) is 47.7 Å². The van der Waals surface area contributed by atoms with Gasteiger partial charge in [0.25, 0.3) is 0 Å². The molecule has 0 radical (unpaired) electrons. The van der Waals surface area contributed by atoms with Crippen molar-refractivity contribution in [3.63, 3.8) is 0 Å². The van der Waals surface area contributed by atoms with Crippen molar-refractivity contribution < 1.29 is 0 Å². The summed E-state index contributed by atoms with van der Waals surface area (Å²) in [6.07, 6.45) is 5.73. The summed E-state index contributed by atoms with van der Waals surface area (Å²) in [4.78, 5) is 0. The number of aryl methyl sites for hydroxylation is 1. The van der Waals surface area contributed by atoms with Gasteiger partial charge in [-0.05, 0) is 23.8 Å². The maximum atomic E-state index is 4.41. The van der Waals surface area contributed by atoms with Crippen molar-refractivity contribution in [3.05, 3.63) is 72.7 Å². The van der Waals surface area contributed by atoms with E-state index in [0.29, 0.717) is 0 Å². The van der Waals surface area contributed by atoms with Gasteiger partial charge in [0.1, 0.15) is 0 Å². The minimum atomic E-state index is 0.767. The zero-order chi connectivity index (χ0) is 15.6. The monoisotopic (exact) mass is 303 g/mol. The van der Waals surface area contributed by atoms with E-state index in [0.717, 1.165) is 28.8 Å². The predicted molar refractivity (Wildman–Crippen MR) is 91.8 cm³/mol. The third kappa shape index (κ3) is 2.81. The van der Waals surface area contributed by atoms with Gasteiger partial charge in [-0.3, -0.25) is 9.36 Å². The maximum Gasteiger partial charge on any atom is 0.0770 e. The molecule has 0 aliphatic carbocycles. The number of fused-ring (bicyclic) bond motifs is 1. The second-order valence-electron chi connectivity index (χ2n) is 5.58. The zero-order valence-corrected chi connectivity index (χ0v) is 12.8. The standard InChI is InChI=1S/C18H17N5/c1-22-18-9-16(8-7-15(18)10-19-22)21-17-11-20-23(13-17)12-14-5-3-2-4-6-14/h2-11,13,21H,12H2,1H3. The van der Waals surface area contributed by atoms with Crippen molar-refractivity contribution in [2.24, 2.45) is 7.05 Å². The van der Waals surface area contributed by atoms with Gasteiger partial charge in [-0.2, -0.15) is 10.2 Å². The van der Waals surface area contributed by atoms with Crippen LogP contribution < -0.4 is 5.32 Å². The van der Waals surface area contributed by atoms with Gasteiger partial charge < -0.3 is 5.32 Å². The summed E-state index contributed by atoms with van der Waals surface area (Å²) < 4.78 is 3.81. The van der Waals surface area contributed by atoms with E-state index in [1.54, 1.807) is 0 Å². The maximum absolute atomic E-state index is 4.41. The second kappa shape index (κ2) is 5.61. The molecule has 23 heavy (non-hydrogen) atoms.